The van der Waals surface area contributed by atoms with Crippen LogP contribution in [0.2, 0.25) is 0 Å². The van der Waals surface area contributed by atoms with Crippen molar-refractivity contribution in [3.63, 3.8) is 0 Å². The summed E-state index contributed by atoms with van der Waals surface area (Å²) in [5, 5.41) is 0. The van der Waals surface area contributed by atoms with Gasteiger partial charge in [0, 0.05) is 38.4 Å². The van der Waals surface area contributed by atoms with Gasteiger partial charge in [0.05, 0.1) is 0 Å². The lowest BCUT2D eigenvalue weighted by Crippen LogP contribution is -2.47. The molecule has 1 fully saturated rings. The van der Waals surface area contributed by atoms with Gasteiger partial charge >= 0.3 is 0 Å². The summed E-state index contributed by atoms with van der Waals surface area (Å²) in [6.45, 7) is 12.7. The van der Waals surface area contributed by atoms with E-state index in [9.17, 15) is 0 Å². The third kappa shape index (κ3) is 5.39. The summed E-state index contributed by atoms with van der Waals surface area (Å²) in [5.74, 6) is 1.54. The van der Waals surface area contributed by atoms with Crippen molar-refractivity contribution in [2.24, 2.45) is 0 Å². The van der Waals surface area contributed by atoms with Crippen molar-refractivity contribution in [1.29, 1.82) is 0 Å². The summed E-state index contributed by atoms with van der Waals surface area (Å²) in [7, 11) is 0. The number of halogens is 1. The van der Waals surface area contributed by atoms with Crippen LogP contribution in [0.25, 0.3) is 0 Å². The smallest absolute Gasteiger partial charge is 0.123 e. The lowest BCUT2D eigenvalue weighted by molar-refractivity contribution is 0.199. The minimum absolute atomic E-state index is 0. The SMILES string of the molecule is Cc1ccc(C(C)C)c(OCCN2CCN(c3ccccc3)CC2)c1.Cl. The van der Waals surface area contributed by atoms with Crippen LogP contribution in [0.15, 0.2) is 48.5 Å². The minimum atomic E-state index is 0. The van der Waals surface area contributed by atoms with Crippen LogP contribution in [0, 0.1) is 6.92 Å². The van der Waals surface area contributed by atoms with Gasteiger partial charge in [-0.1, -0.05) is 44.2 Å². The van der Waals surface area contributed by atoms with Crippen molar-refractivity contribution >= 4 is 18.1 Å². The largest absolute Gasteiger partial charge is 0.492 e. The maximum atomic E-state index is 6.14. The molecule has 1 aliphatic rings. The number of ether oxygens (including phenoxy) is 1. The first-order chi connectivity index (χ1) is 12.1. The number of nitrogens with zero attached hydrogens (tertiary/aromatic N) is 2. The van der Waals surface area contributed by atoms with E-state index in [1.165, 1.54) is 16.8 Å². The normalized spacial score (nSPS) is 15.0. The van der Waals surface area contributed by atoms with Crippen LogP contribution in [0.3, 0.4) is 0 Å². The van der Waals surface area contributed by atoms with E-state index in [0.29, 0.717) is 5.92 Å². The van der Waals surface area contributed by atoms with Crippen LogP contribution in [0.4, 0.5) is 5.69 Å². The molecule has 3 nitrogen and oxygen atoms in total. The summed E-state index contributed by atoms with van der Waals surface area (Å²) >= 11 is 0. The number of aryl methyl sites for hydroxylation is 1. The third-order valence-electron chi connectivity index (χ3n) is 4.95. The summed E-state index contributed by atoms with van der Waals surface area (Å²) < 4.78 is 6.14. The van der Waals surface area contributed by atoms with Gasteiger partial charge in [-0.15, -0.1) is 12.4 Å². The van der Waals surface area contributed by atoms with Crippen LogP contribution >= 0.6 is 12.4 Å². The summed E-state index contributed by atoms with van der Waals surface area (Å²) in [6.07, 6.45) is 0. The topological polar surface area (TPSA) is 15.7 Å². The molecular formula is C22H31ClN2O. The molecule has 2 aromatic rings. The van der Waals surface area contributed by atoms with E-state index in [-0.39, 0.29) is 12.4 Å². The molecule has 0 aliphatic carbocycles. The second kappa shape index (κ2) is 9.84. The molecule has 1 saturated heterocycles. The molecule has 26 heavy (non-hydrogen) atoms. The van der Waals surface area contributed by atoms with E-state index in [1.54, 1.807) is 0 Å². The number of rotatable bonds is 6. The summed E-state index contributed by atoms with van der Waals surface area (Å²) in [4.78, 5) is 4.97. The van der Waals surface area contributed by atoms with Crippen molar-refractivity contribution in [1.82, 2.24) is 4.90 Å². The summed E-state index contributed by atoms with van der Waals surface area (Å²) in [6, 6.07) is 17.2. The first-order valence-electron chi connectivity index (χ1n) is 9.39. The van der Waals surface area contributed by atoms with Crippen LogP contribution in [-0.4, -0.2) is 44.2 Å². The van der Waals surface area contributed by atoms with Gasteiger partial charge in [-0.2, -0.15) is 0 Å². The van der Waals surface area contributed by atoms with Gasteiger partial charge in [-0.05, 0) is 42.2 Å². The van der Waals surface area contributed by atoms with Crippen molar-refractivity contribution in [2.45, 2.75) is 26.7 Å². The van der Waals surface area contributed by atoms with Crippen molar-refractivity contribution in [3.05, 3.63) is 59.7 Å². The fourth-order valence-corrected chi connectivity index (χ4v) is 3.40. The Bertz CT molecular complexity index is 667. The fraction of sp³-hybridized carbons (Fsp3) is 0.455. The van der Waals surface area contributed by atoms with Crippen LogP contribution in [-0.2, 0) is 0 Å². The zero-order valence-corrected chi connectivity index (χ0v) is 17.0. The highest BCUT2D eigenvalue weighted by Gasteiger charge is 2.17. The van der Waals surface area contributed by atoms with Gasteiger partial charge in [0.2, 0.25) is 0 Å². The molecule has 1 heterocycles. The Morgan fingerprint density at radius 2 is 1.65 bits per heavy atom. The number of hydrogen-bond acceptors (Lipinski definition) is 3. The highest BCUT2D eigenvalue weighted by molar-refractivity contribution is 5.85. The Kier molecular flexibility index (Phi) is 7.80. The zero-order valence-electron chi connectivity index (χ0n) is 16.1. The van der Waals surface area contributed by atoms with E-state index in [4.69, 9.17) is 4.74 Å². The Morgan fingerprint density at radius 3 is 2.31 bits per heavy atom. The average molecular weight is 375 g/mol. The molecule has 1 aliphatic heterocycles. The van der Waals surface area contributed by atoms with Crippen LogP contribution in [0.5, 0.6) is 5.75 Å². The van der Waals surface area contributed by atoms with Crippen molar-refractivity contribution < 1.29 is 4.74 Å². The summed E-state index contributed by atoms with van der Waals surface area (Å²) in [5.41, 5.74) is 3.90. The standard InChI is InChI=1S/C22H30N2O.ClH/c1-18(2)21-10-9-19(3)17-22(21)25-16-15-23-11-13-24(14-12-23)20-7-5-4-6-8-20;/h4-10,17-18H,11-16H2,1-3H3;1H. The highest BCUT2D eigenvalue weighted by Crippen LogP contribution is 2.27. The molecule has 0 spiro atoms. The zero-order chi connectivity index (χ0) is 17.6. The first-order valence-corrected chi connectivity index (χ1v) is 9.39. The molecule has 0 amide bonds. The van der Waals surface area contributed by atoms with Crippen molar-refractivity contribution in [2.75, 3.05) is 44.2 Å². The molecule has 0 saturated carbocycles. The fourth-order valence-electron chi connectivity index (χ4n) is 3.40. The molecule has 2 aromatic carbocycles. The molecule has 0 bridgehead atoms. The molecule has 4 heteroatoms. The molecule has 3 rings (SSSR count). The third-order valence-corrected chi connectivity index (χ3v) is 4.95. The van der Waals surface area contributed by atoms with E-state index >= 15 is 0 Å². The van der Waals surface area contributed by atoms with Crippen LogP contribution < -0.4 is 9.64 Å². The quantitative estimate of drug-likeness (QED) is 0.726. The molecule has 0 N–H and O–H groups in total. The Labute approximate surface area is 164 Å². The molecule has 0 atom stereocenters. The Hall–Kier alpha value is -1.71. The van der Waals surface area contributed by atoms with E-state index in [1.807, 2.05) is 0 Å². The molecule has 0 aromatic heterocycles. The number of piperazine rings is 1. The number of hydrogen-bond donors (Lipinski definition) is 0. The van der Waals surface area contributed by atoms with Gasteiger partial charge in [-0.25, -0.2) is 0 Å². The number of anilines is 1. The second-order valence-corrected chi connectivity index (χ2v) is 7.21. The minimum Gasteiger partial charge on any atom is -0.492 e. The first kappa shape index (κ1) is 20.6. The van der Waals surface area contributed by atoms with Gasteiger partial charge in [0.1, 0.15) is 12.4 Å². The van der Waals surface area contributed by atoms with Crippen LogP contribution in [0.1, 0.15) is 30.9 Å². The molecule has 142 valence electrons. The van der Waals surface area contributed by atoms with Gasteiger partial charge in [0.15, 0.2) is 0 Å². The van der Waals surface area contributed by atoms with Gasteiger partial charge in [0.25, 0.3) is 0 Å². The molecular weight excluding hydrogens is 344 g/mol. The van der Waals surface area contributed by atoms with E-state index in [2.05, 4.69) is 79.1 Å². The maximum absolute atomic E-state index is 6.14. The maximum Gasteiger partial charge on any atom is 0.123 e. The predicted molar refractivity (Wildman–Crippen MR) is 113 cm³/mol. The van der Waals surface area contributed by atoms with E-state index in [0.717, 1.165) is 45.1 Å². The Balaban J connectivity index is 0.00000243. The lowest BCUT2D eigenvalue weighted by Gasteiger charge is -2.36. The Morgan fingerprint density at radius 1 is 0.962 bits per heavy atom. The number of para-hydroxylation sites is 1. The second-order valence-electron chi connectivity index (χ2n) is 7.21. The van der Waals surface area contributed by atoms with E-state index < -0.39 is 0 Å². The average Bonchev–Trinajstić information content (AvgIpc) is 2.63. The van der Waals surface area contributed by atoms with Crippen molar-refractivity contribution in [3.8, 4) is 5.75 Å². The highest BCUT2D eigenvalue weighted by atomic mass is 35.5. The monoisotopic (exact) mass is 374 g/mol. The number of benzene rings is 2. The molecule has 0 radical (unpaired) electrons. The lowest BCUT2D eigenvalue weighted by atomic mass is 10.0. The predicted octanol–water partition coefficient (Wildman–Crippen LogP) is 4.74. The molecule has 0 unspecified atom stereocenters. The van der Waals surface area contributed by atoms with Gasteiger partial charge in [-0.3, -0.25) is 4.90 Å². The van der Waals surface area contributed by atoms with Gasteiger partial charge < -0.3 is 9.64 Å².